The lowest BCUT2D eigenvalue weighted by atomic mass is 9.94. The number of carbonyl (C=O) groups is 3. The van der Waals surface area contributed by atoms with E-state index in [1.54, 1.807) is 42.5 Å². The number of rotatable bonds is 4. The number of nitrogens with one attached hydrogen (secondary N) is 2. The molecule has 7 heteroatoms. The first kappa shape index (κ1) is 21.0. The molecule has 6 nitrogen and oxygen atoms in total. The molecule has 2 aliphatic heterocycles. The Morgan fingerprint density at radius 3 is 2.45 bits per heavy atom. The summed E-state index contributed by atoms with van der Waals surface area (Å²) in [5.74, 6) is -0.299. The molecule has 152 valence electrons. The van der Waals surface area contributed by atoms with Crippen LogP contribution in [0.2, 0.25) is 0 Å². The minimum atomic E-state index is -0.294. The van der Waals surface area contributed by atoms with Crippen molar-refractivity contribution in [2.24, 2.45) is 5.92 Å². The molecule has 2 aromatic carbocycles. The fourth-order valence-electron chi connectivity index (χ4n) is 3.81. The van der Waals surface area contributed by atoms with Crippen LogP contribution in [0, 0.1) is 5.92 Å². The summed E-state index contributed by atoms with van der Waals surface area (Å²) in [7, 11) is 0. The molecule has 2 N–H and O–H groups in total. The molecule has 2 aliphatic rings. The minimum absolute atomic E-state index is 0. The summed E-state index contributed by atoms with van der Waals surface area (Å²) in [4.78, 5) is 39.0. The SMILES string of the molecule is CC1CCNCC1NC(=O)c1cccc(CN2C(=O)c3ccccc3C2=O)c1.Cl. The molecule has 0 bridgehead atoms. The van der Waals surface area contributed by atoms with Crippen LogP contribution in [0.5, 0.6) is 0 Å². The second kappa shape index (κ2) is 8.76. The highest BCUT2D eigenvalue weighted by molar-refractivity contribution is 6.21. The predicted octanol–water partition coefficient (Wildman–Crippen LogP) is 2.63. The predicted molar refractivity (Wildman–Crippen MR) is 112 cm³/mol. The molecular formula is C22H24ClN3O3. The van der Waals surface area contributed by atoms with Crippen LogP contribution >= 0.6 is 12.4 Å². The van der Waals surface area contributed by atoms with Crippen molar-refractivity contribution in [3.63, 3.8) is 0 Å². The van der Waals surface area contributed by atoms with E-state index in [9.17, 15) is 14.4 Å². The van der Waals surface area contributed by atoms with Crippen molar-refractivity contribution in [1.29, 1.82) is 0 Å². The van der Waals surface area contributed by atoms with E-state index < -0.39 is 0 Å². The van der Waals surface area contributed by atoms with Gasteiger partial charge in [-0.15, -0.1) is 12.4 Å². The topological polar surface area (TPSA) is 78.5 Å². The van der Waals surface area contributed by atoms with Crippen molar-refractivity contribution in [3.05, 3.63) is 70.8 Å². The average Bonchev–Trinajstić information content (AvgIpc) is 2.95. The molecule has 2 heterocycles. The maximum absolute atomic E-state index is 12.7. The largest absolute Gasteiger partial charge is 0.348 e. The molecule has 0 saturated carbocycles. The number of hydrogen-bond acceptors (Lipinski definition) is 4. The van der Waals surface area contributed by atoms with E-state index in [1.165, 1.54) is 4.90 Å². The molecule has 3 amide bonds. The molecule has 2 unspecified atom stereocenters. The van der Waals surface area contributed by atoms with E-state index in [2.05, 4.69) is 17.6 Å². The monoisotopic (exact) mass is 413 g/mol. The van der Waals surface area contributed by atoms with Crippen molar-refractivity contribution in [3.8, 4) is 0 Å². The maximum Gasteiger partial charge on any atom is 0.261 e. The van der Waals surface area contributed by atoms with Gasteiger partial charge in [0.25, 0.3) is 17.7 Å². The Hall–Kier alpha value is -2.70. The molecule has 1 saturated heterocycles. The molecule has 1 fully saturated rings. The zero-order chi connectivity index (χ0) is 19.7. The molecular weight excluding hydrogens is 390 g/mol. The Morgan fingerprint density at radius 2 is 1.79 bits per heavy atom. The third-order valence-electron chi connectivity index (χ3n) is 5.55. The van der Waals surface area contributed by atoms with Crippen LogP contribution in [0.3, 0.4) is 0 Å². The van der Waals surface area contributed by atoms with Gasteiger partial charge in [0.05, 0.1) is 17.7 Å². The summed E-state index contributed by atoms with van der Waals surface area (Å²) in [5.41, 5.74) is 2.14. The van der Waals surface area contributed by atoms with Gasteiger partial charge in [0.15, 0.2) is 0 Å². The number of fused-ring (bicyclic) bond motifs is 1. The molecule has 0 radical (unpaired) electrons. The Balaban J connectivity index is 0.00000240. The Morgan fingerprint density at radius 1 is 1.10 bits per heavy atom. The van der Waals surface area contributed by atoms with E-state index in [0.29, 0.717) is 22.6 Å². The first-order valence-corrected chi connectivity index (χ1v) is 9.60. The summed E-state index contributed by atoms with van der Waals surface area (Å²) in [6.07, 6.45) is 1.03. The van der Waals surface area contributed by atoms with E-state index in [1.807, 2.05) is 6.07 Å². The van der Waals surface area contributed by atoms with Gasteiger partial charge < -0.3 is 10.6 Å². The summed E-state index contributed by atoms with van der Waals surface area (Å²) < 4.78 is 0. The second-order valence-electron chi connectivity index (χ2n) is 7.49. The fraction of sp³-hybridized carbons (Fsp3) is 0.318. The number of benzene rings is 2. The third kappa shape index (κ3) is 4.18. The number of piperidine rings is 1. The highest BCUT2D eigenvalue weighted by Gasteiger charge is 2.35. The van der Waals surface area contributed by atoms with Crippen LogP contribution in [0.25, 0.3) is 0 Å². The van der Waals surface area contributed by atoms with E-state index >= 15 is 0 Å². The molecule has 2 aromatic rings. The molecule has 0 aromatic heterocycles. The number of carbonyl (C=O) groups excluding carboxylic acids is 3. The van der Waals surface area contributed by atoms with Gasteiger partial charge >= 0.3 is 0 Å². The van der Waals surface area contributed by atoms with Crippen molar-refractivity contribution < 1.29 is 14.4 Å². The Kier molecular flexibility index (Phi) is 6.35. The zero-order valence-electron chi connectivity index (χ0n) is 16.2. The molecule has 0 spiro atoms. The number of hydrogen-bond donors (Lipinski definition) is 2. The van der Waals surface area contributed by atoms with Crippen molar-refractivity contribution in [1.82, 2.24) is 15.5 Å². The first-order chi connectivity index (χ1) is 13.5. The Bertz CT molecular complexity index is 911. The lowest BCUT2D eigenvalue weighted by Crippen LogP contribution is -2.50. The normalized spacial score (nSPS) is 20.8. The van der Waals surface area contributed by atoms with Crippen LogP contribution < -0.4 is 10.6 Å². The molecule has 29 heavy (non-hydrogen) atoms. The third-order valence-corrected chi connectivity index (χ3v) is 5.55. The van der Waals surface area contributed by atoms with Crippen LogP contribution in [0.15, 0.2) is 48.5 Å². The number of nitrogens with zero attached hydrogens (tertiary/aromatic N) is 1. The van der Waals surface area contributed by atoms with Gasteiger partial charge in [-0.25, -0.2) is 0 Å². The van der Waals surface area contributed by atoms with Crippen LogP contribution in [0.1, 0.15) is 50.0 Å². The summed E-state index contributed by atoms with van der Waals surface area (Å²) in [6.45, 7) is 4.03. The number of amides is 3. The average molecular weight is 414 g/mol. The van der Waals surface area contributed by atoms with Gasteiger partial charge in [0.1, 0.15) is 0 Å². The van der Waals surface area contributed by atoms with Crippen molar-refractivity contribution in [2.75, 3.05) is 13.1 Å². The van der Waals surface area contributed by atoms with Crippen molar-refractivity contribution in [2.45, 2.75) is 25.9 Å². The van der Waals surface area contributed by atoms with E-state index in [0.717, 1.165) is 25.1 Å². The van der Waals surface area contributed by atoms with Gasteiger partial charge in [-0.1, -0.05) is 31.2 Å². The van der Waals surface area contributed by atoms with Crippen LogP contribution in [-0.2, 0) is 6.54 Å². The smallest absolute Gasteiger partial charge is 0.261 e. The first-order valence-electron chi connectivity index (χ1n) is 9.60. The van der Waals surface area contributed by atoms with Crippen LogP contribution in [0.4, 0.5) is 0 Å². The van der Waals surface area contributed by atoms with E-state index in [4.69, 9.17) is 0 Å². The molecule has 0 aliphatic carbocycles. The highest BCUT2D eigenvalue weighted by atomic mass is 35.5. The van der Waals surface area contributed by atoms with Crippen molar-refractivity contribution >= 4 is 30.1 Å². The van der Waals surface area contributed by atoms with Gasteiger partial charge in [0.2, 0.25) is 0 Å². The van der Waals surface area contributed by atoms with Gasteiger partial charge in [-0.2, -0.15) is 0 Å². The van der Waals surface area contributed by atoms with Gasteiger partial charge in [-0.05, 0) is 48.7 Å². The standard InChI is InChI=1S/C22H23N3O3.ClH/c1-14-9-10-23-12-19(14)24-20(26)16-6-4-5-15(11-16)13-25-21(27)17-7-2-3-8-18(17)22(25)28;/h2-8,11,14,19,23H,9-10,12-13H2,1H3,(H,24,26);1H. The molecule has 4 rings (SSSR count). The fourth-order valence-corrected chi connectivity index (χ4v) is 3.81. The van der Waals surface area contributed by atoms with Crippen LogP contribution in [-0.4, -0.2) is 41.8 Å². The van der Waals surface area contributed by atoms with Gasteiger partial charge in [-0.3, -0.25) is 19.3 Å². The second-order valence-corrected chi connectivity index (χ2v) is 7.49. The summed E-state index contributed by atoms with van der Waals surface area (Å²) in [5, 5.41) is 6.39. The quantitative estimate of drug-likeness (QED) is 0.755. The van der Waals surface area contributed by atoms with E-state index in [-0.39, 0.29) is 42.7 Å². The lowest BCUT2D eigenvalue weighted by molar-refractivity contribution is 0.0642. The molecule has 2 atom stereocenters. The number of halogens is 1. The summed E-state index contributed by atoms with van der Waals surface area (Å²) >= 11 is 0. The zero-order valence-corrected chi connectivity index (χ0v) is 17.0. The summed E-state index contributed by atoms with van der Waals surface area (Å²) in [6, 6.07) is 14.0. The minimum Gasteiger partial charge on any atom is -0.348 e. The maximum atomic E-state index is 12.7. The van der Waals surface area contributed by atoms with Gasteiger partial charge in [0, 0.05) is 18.2 Å². The number of imide groups is 1. The highest BCUT2D eigenvalue weighted by Crippen LogP contribution is 2.24. The Labute approximate surface area is 176 Å². The lowest BCUT2D eigenvalue weighted by Gasteiger charge is -2.30.